The molecule has 14 rings (SSSR count). The summed E-state index contributed by atoms with van der Waals surface area (Å²) >= 11 is 0. The van der Waals surface area contributed by atoms with Gasteiger partial charge in [-0.3, -0.25) is 0 Å². The van der Waals surface area contributed by atoms with E-state index in [1.807, 2.05) is 0 Å². The van der Waals surface area contributed by atoms with Crippen LogP contribution in [0, 0.1) is 0 Å². The van der Waals surface area contributed by atoms with Gasteiger partial charge in [-0.25, -0.2) is 0 Å². The fourth-order valence-electron chi connectivity index (χ4n) is 9.46. The predicted octanol–water partition coefficient (Wildman–Crippen LogP) is 18.3. The lowest BCUT2D eigenvalue weighted by Gasteiger charge is -2.07. The van der Waals surface area contributed by atoms with Crippen molar-refractivity contribution in [3.8, 4) is 0 Å². The molecule has 0 radical (unpaired) electrons. The molecule has 0 bridgehead atoms. The van der Waals surface area contributed by atoms with E-state index in [1.165, 1.54) is 108 Å². The Hall–Kier alpha value is -8.32. The van der Waals surface area contributed by atoms with Crippen LogP contribution in [0.3, 0.4) is 0 Å². The highest BCUT2D eigenvalue weighted by Crippen LogP contribution is 2.34. The van der Waals surface area contributed by atoms with Gasteiger partial charge in [-0.1, -0.05) is 267 Å². The first-order valence-electron chi connectivity index (χ1n) is 22.1. The molecule has 14 aromatic carbocycles. The van der Waals surface area contributed by atoms with Crippen molar-refractivity contribution in [2.75, 3.05) is 0 Å². The number of hydrogen-bond acceptors (Lipinski definition) is 0. The van der Waals surface area contributed by atoms with Crippen molar-refractivity contribution < 1.29 is 0 Å². The highest BCUT2D eigenvalue weighted by molar-refractivity contribution is 6.21. The molecule has 0 fully saturated rings. The molecule has 0 aliphatic carbocycles. The van der Waals surface area contributed by atoms with Crippen LogP contribution in [0.5, 0.6) is 0 Å². The lowest BCUT2D eigenvalue weighted by atomic mass is 9.97. The maximum Gasteiger partial charge on any atom is -0.00268 e. The van der Waals surface area contributed by atoms with Gasteiger partial charge in [-0.2, -0.15) is 0 Å². The zero-order valence-electron chi connectivity index (χ0n) is 35.4. The minimum Gasteiger partial charge on any atom is -0.0616 e. The maximum absolute atomic E-state index is 2.21. The van der Waals surface area contributed by atoms with Gasteiger partial charge >= 0.3 is 0 Å². The molecule has 0 amide bonds. The van der Waals surface area contributed by atoms with E-state index >= 15 is 0 Å². The van der Waals surface area contributed by atoms with Crippen molar-refractivity contribution in [3.05, 3.63) is 267 Å². The van der Waals surface area contributed by atoms with Crippen LogP contribution in [-0.4, -0.2) is 0 Å². The van der Waals surface area contributed by atoms with Crippen LogP contribution in [-0.2, 0) is 0 Å². The molecule has 0 atom stereocenters. The number of fused-ring (bicyclic) bond motifs is 16. The summed E-state index contributed by atoms with van der Waals surface area (Å²) in [7, 11) is 0. The van der Waals surface area contributed by atoms with Crippen LogP contribution in [0.15, 0.2) is 267 Å². The first kappa shape index (κ1) is 38.6. The normalized spacial score (nSPS) is 11.1. The van der Waals surface area contributed by atoms with E-state index in [0.717, 1.165) is 0 Å². The van der Waals surface area contributed by atoms with E-state index in [0.29, 0.717) is 0 Å². The van der Waals surface area contributed by atoms with Crippen molar-refractivity contribution in [1.82, 2.24) is 0 Å². The molecule has 0 aromatic heterocycles. The summed E-state index contributed by atoms with van der Waals surface area (Å²) < 4.78 is 0. The van der Waals surface area contributed by atoms with Crippen molar-refractivity contribution >= 4 is 108 Å². The molecule has 0 saturated carbocycles. The smallest absolute Gasteiger partial charge is 0.00268 e. The summed E-state index contributed by atoms with van der Waals surface area (Å²) in [6, 6.07) is 94.8. The average molecular weight is 813 g/mol. The third-order valence-electron chi connectivity index (χ3n) is 12.6. The minimum absolute atomic E-state index is 1.31. The molecule has 0 unspecified atom stereocenters. The van der Waals surface area contributed by atoms with E-state index in [1.54, 1.807) is 0 Å². The van der Waals surface area contributed by atoms with E-state index in [-0.39, 0.29) is 0 Å². The zero-order valence-corrected chi connectivity index (χ0v) is 35.4. The third kappa shape index (κ3) is 7.42. The number of rotatable bonds is 0. The van der Waals surface area contributed by atoms with Gasteiger partial charge in [0.1, 0.15) is 0 Å². The second-order valence-electron chi connectivity index (χ2n) is 16.4. The Balaban J connectivity index is 0.0000000958. The Morgan fingerprint density at radius 3 is 0.453 bits per heavy atom. The first-order chi connectivity index (χ1) is 31.8. The second-order valence-corrected chi connectivity index (χ2v) is 16.4. The van der Waals surface area contributed by atoms with Gasteiger partial charge in [0, 0.05) is 0 Å². The lowest BCUT2D eigenvalue weighted by Crippen LogP contribution is -1.80. The summed E-state index contributed by atoms with van der Waals surface area (Å²) in [6.07, 6.45) is 0. The fraction of sp³-hybridized carbons (Fsp3) is 0. The van der Waals surface area contributed by atoms with Crippen LogP contribution in [0.1, 0.15) is 0 Å². The molecule has 0 spiro atoms. The molecule has 0 nitrogen and oxygen atoms in total. The molecule has 64 heavy (non-hydrogen) atoms. The Bertz CT molecular complexity index is 3460. The summed E-state index contributed by atoms with van der Waals surface area (Å²) in [4.78, 5) is 0. The number of hydrogen-bond donors (Lipinski definition) is 0. The molecule has 14 aromatic rings. The van der Waals surface area contributed by atoms with Gasteiger partial charge < -0.3 is 0 Å². The van der Waals surface area contributed by atoms with Crippen molar-refractivity contribution in [1.29, 1.82) is 0 Å². The van der Waals surface area contributed by atoms with E-state index in [4.69, 9.17) is 0 Å². The Kier molecular flexibility index (Phi) is 10.4. The van der Waals surface area contributed by atoms with Crippen LogP contribution in [0.4, 0.5) is 0 Å². The Labute approximate surface area is 372 Å². The molecular formula is C64H44. The molecule has 300 valence electrons. The van der Waals surface area contributed by atoms with Gasteiger partial charge in [0.05, 0.1) is 0 Å². The zero-order chi connectivity index (χ0) is 42.7. The van der Waals surface area contributed by atoms with Gasteiger partial charge in [-0.05, 0) is 108 Å². The third-order valence-corrected chi connectivity index (χ3v) is 12.6. The Morgan fingerprint density at radius 2 is 0.250 bits per heavy atom. The lowest BCUT2D eigenvalue weighted by molar-refractivity contribution is 1.76. The summed E-state index contributed by atoms with van der Waals surface area (Å²) in [6.45, 7) is 0. The molecule has 0 heterocycles. The summed E-state index contributed by atoms with van der Waals surface area (Å²) in [5.41, 5.74) is 0. The van der Waals surface area contributed by atoms with E-state index in [9.17, 15) is 0 Å². The standard InChI is InChI=1S/2C18H12.2C14H10/c2*1-3-7-16-13(5-1)9-11-15-12-10-14-6-2-4-8-17(14)18(15)16;2*1-3-7-13-11(5-1)9-10-12-6-2-4-8-14(12)13/h2*1-12H;2*1-10H. The van der Waals surface area contributed by atoms with Crippen LogP contribution < -0.4 is 0 Å². The van der Waals surface area contributed by atoms with Gasteiger partial charge in [-0.15, -0.1) is 0 Å². The quantitative estimate of drug-likeness (QED) is 0.134. The second kappa shape index (κ2) is 17.2. The minimum atomic E-state index is 1.31. The summed E-state index contributed by atoms with van der Waals surface area (Å²) in [5.74, 6) is 0. The van der Waals surface area contributed by atoms with Crippen LogP contribution >= 0.6 is 0 Å². The molecular weight excluding hydrogens is 769 g/mol. The van der Waals surface area contributed by atoms with Crippen LogP contribution in [0.2, 0.25) is 0 Å². The van der Waals surface area contributed by atoms with Gasteiger partial charge in [0.15, 0.2) is 0 Å². The van der Waals surface area contributed by atoms with E-state index in [2.05, 4.69) is 267 Å². The molecule has 0 saturated heterocycles. The topological polar surface area (TPSA) is 0 Å². The van der Waals surface area contributed by atoms with Gasteiger partial charge in [0.2, 0.25) is 0 Å². The van der Waals surface area contributed by atoms with Crippen molar-refractivity contribution in [2.24, 2.45) is 0 Å². The van der Waals surface area contributed by atoms with Crippen molar-refractivity contribution in [2.45, 2.75) is 0 Å². The summed E-state index contributed by atoms with van der Waals surface area (Å²) in [5, 5.41) is 26.5. The average Bonchev–Trinajstić information content (AvgIpc) is 3.38. The molecule has 0 N–H and O–H groups in total. The monoisotopic (exact) mass is 812 g/mol. The molecule has 0 aliphatic heterocycles. The van der Waals surface area contributed by atoms with Crippen LogP contribution in [0.25, 0.3) is 108 Å². The highest BCUT2D eigenvalue weighted by atomic mass is 14.1. The fourth-order valence-corrected chi connectivity index (χ4v) is 9.46. The molecule has 0 aliphatic rings. The highest BCUT2D eigenvalue weighted by Gasteiger charge is 2.06. The van der Waals surface area contributed by atoms with Gasteiger partial charge in [0.25, 0.3) is 0 Å². The predicted molar refractivity (Wildman–Crippen MR) is 281 cm³/mol. The van der Waals surface area contributed by atoms with Crippen molar-refractivity contribution in [3.63, 3.8) is 0 Å². The Morgan fingerprint density at radius 1 is 0.109 bits per heavy atom. The first-order valence-corrected chi connectivity index (χ1v) is 22.1. The molecule has 0 heteroatoms. The van der Waals surface area contributed by atoms with E-state index < -0.39 is 0 Å². The largest absolute Gasteiger partial charge is 0.0616 e. The SMILES string of the molecule is c1ccc2c(c1)ccc1ccc3ccccc3c12.c1ccc2c(c1)ccc1ccc3ccccc3c12.c1ccc2c(c1)ccc1ccccc12.c1ccc2c(c1)ccc1ccccc12. The number of benzene rings is 14. The maximum atomic E-state index is 2.21.